The lowest BCUT2D eigenvalue weighted by atomic mass is 9.78. The second-order valence-electron chi connectivity index (χ2n) is 7.36. The summed E-state index contributed by atoms with van der Waals surface area (Å²) in [4.78, 5) is 0. The summed E-state index contributed by atoms with van der Waals surface area (Å²) in [5.41, 5.74) is 3.39. The molecule has 0 radical (unpaired) electrons. The summed E-state index contributed by atoms with van der Waals surface area (Å²) in [6, 6.07) is 4.43. The minimum absolute atomic E-state index is 0.00951. The third-order valence-corrected chi connectivity index (χ3v) is 5.38. The Labute approximate surface area is 167 Å². The van der Waals surface area contributed by atoms with Crippen LogP contribution < -0.4 is 0 Å². The Morgan fingerprint density at radius 1 is 0.862 bits per heavy atom. The van der Waals surface area contributed by atoms with Gasteiger partial charge in [0.1, 0.15) is 11.6 Å². The van der Waals surface area contributed by atoms with Crippen LogP contribution in [-0.4, -0.2) is 0 Å². The molecule has 0 atom stereocenters. The van der Waals surface area contributed by atoms with Gasteiger partial charge >= 0.3 is 0 Å². The Morgan fingerprint density at radius 3 is 2.00 bits per heavy atom. The molecule has 1 aliphatic rings. The molecule has 0 nitrogen and oxygen atoms in total. The summed E-state index contributed by atoms with van der Waals surface area (Å²) in [5, 5.41) is 0. The van der Waals surface area contributed by atoms with Crippen molar-refractivity contribution in [2.75, 3.05) is 0 Å². The van der Waals surface area contributed by atoms with Gasteiger partial charge in [-0.25, -0.2) is 22.0 Å². The molecule has 2 aromatic carbocycles. The van der Waals surface area contributed by atoms with Gasteiger partial charge in [-0.05, 0) is 85.4 Å². The van der Waals surface area contributed by atoms with E-state index in [1.54, 1.807) is 0 Å². The van der Waals surface area contributed by atoms with Crippen LogP contribution in [0.3, 0.4) is 0 Å². The maximum atomic E-state index is 14.5. The fourth-order valence-electron chi connectivity index (χ4n) is 3.82. The highest BCUT2D eigenvalue weighted by Crippen LogP contribution is 2.37. The molecule has 0 N–H and O–H groups in total. The van der Waals surface area contributed by atoms with E-state index in [1.165, 1.54) is 24.3 Å². The number of hydrogen-bond acceptors (Lipinski definition) is 0. The minimum Gasteiger partial charge on any atom is -0.206 e. The maximum Gasteiger partial charge on any atom is 0.194 e. The molecule has 0 unspecified atom stereocenters. The lowest BCUT2D eigenvalue weighted by Crippen LogP contribution is -2.12. The minimum atomic E-state index is -1.54. The van der Waals surface area contributed by atoms with Crippen LogP contribution in [0.25, 0.3) is 6.08 Å². The molecule has 0 saturated heterocycles. The van der Waals surface area contributed by atoms with Crippen molar-refractivity contribution < 1.29 is 22.0 Å². The van der Waals surface area contributed by atoms with Gasteiger partial charge in [0.05, 0.1) is 0 Å². The predicted octanol–water partition coefficient (Wildman–Crippen LogP) is 7.25. The van der Waals surface area contributed by atoms with Crippen LogP contribution in [0.1, 0.15) is 48.3 Å². The third-order valence-electron chi connectivity index (χ3n) is 5.38. The van der Waals surface area contributed by atoms with Crippen molar-refractivity contribution in [3.05, 3.63) is 94.5 Å². The van der Waals surface area contributed by atoms with E-state index in [0.717, 1.165) is 37.8 Å². The molecule has 0 aromatic heterocycles. The monoisotopic (exact) mass is 404 g/mol. The third kappa shape index (κ3) is 5.04. The molecule has 29 heavy (non-hydrogen) atoms. The van der Waals surface area contributed by atoms with Gasteiger partial charge in [0.2, 0.25) is 0 Å². The highest BCUT2D eigenvalue weighted by atomic mass is 19.2. The molecular formula is C24H21F5. The van der Waals surface area contributed by atoms with E-state index in [4.69, 9.17) is 0 Å². The molecule has 0 spiro atoms. The van der Waals surface area contributed by atoms with Gasteiger partial charge in [0.25, 0.3) is 0 Å². The number of benzene rings is 2. The molecule has 0 bridgehead atoms. The van der Waals surface area contributed by atoms with Gasteiger partial charge in [-0.3, -0.25) is 0 Å². The van der Waals surface area contributed by atoms with E-state index in [9.17, 15) is 22.0 Å². The van der Waals surface area contributed by atoms with Crippen molar-refractivity contribution in [2.24, 2.45) is 5.92 Å². The van der Waals surface area contributed by atoms with Crippen molar-refractivity contribution >= 4 is 6.08 Å². The van der Waals surface area contributed by atoms with Crippen LogP contribution in [0.15, 0.2) is 48.7 Å². The van der Waals surface area contributed by atoms with E-state index in [-0.39, 0.29) is 23.5 Å². The summed E-state index contributed by atoms with van der Waals surface area (Å²) in [5.74, 6) is -4.97. The second-order valence-corrected chi connectivity index (χ2v) is 7.36. The van der Waals surface area contributed by atoms with Gasteiger partial charge in [-0.1, -0.05) is 18.7 Å². The Balaban J connectivity index is 1.71. The molecule has 0 aliphatic heterocycles. The van der Waals surface area contributed by atoms with Gasteiger partial charge < -0.3 is 0 Å². The second kappa shape index (κ2) is 9.23. The van der Waals surface area contributed by atoms with Gasteiger partial charge in [0, 0.05) is 5.56 Å². The first-order valence-electron chi connectivity index (χ1n) is 9.54. The highest BCUT2D eigenvalue weighted by Gasteiger charge is 2.22. The van der Waals surface area contributed by atoms with Crippen molar-refractivity contribution in [3.8, 4) is 0 Å². The maximum absolute atomic E-state index is 14.5. The van der Waals surface area contributed by atoms with Crippen LogP contribution in [0, 0.1) is 35.0 Å². The molecule has 3 rings (SSSR count). The molecule has 1 aliphatic carbocycles. The van der Waals surface area contributed by atoms with Crippen molar-refractivity contribution in [1.82, 2.24) is 0 Å². The normalized spacial score (nSPS) is 19.3. The van der Waals surface area contributed by atoms with Crippen LogP contribution in [0.4, 0.5) is 22.0 Å². The molecule has 5 heteroatoms. The number of halogens is 5. The average Bonchev–Trinajstić information content (AvgIpc) is 2.69. The summed E-state index contributed by atoms with van der Waals surface area (Å²) in [6.07, 6.45) is 8.14. The average molecular weight is 404 g/mol. The lowest BCUT2D eigenvalue weighted by molar-refractivity contribution is 0.374. The first-order valence-corrected chi connectivity index (χ1v) is 9.54. The van der Waals surface area contributed by atoms with Crippen LogP contribution >= 0.6 is 0 Å². The van der Waals surface area contributed by atoms with Crippen molar-refractivity contribution in [3.63, 3.8) is 0 Å². The molecule has 0 heterocycles. The summed E-state index contributed by atoms with van der Waals surface area (Å²) in [6.45, 7) is 3.58. The topological polar surface area (TPSA) is 0 Å². The largest absolute Gasteiger partial charge is 0.206 e. The fourth-order valence-corrected chi connectivity index (χ4v) is 3.82. The number of rotatable bonds is 5. The van der Waals surface area contributed by atoms with E-state index in [1.807, 2.05) is 6.08 Å². The van der Waals surface area contributed by atoms with E-state index < -0.39 is 29.1 Å². The SMILES string of the molecule is C=C=CC1CCC(c2cc(F)c(/C=C\Cc3cc(F)c(F)c(F)c3)c(F)c2)CC1. The molecule has 1 fully saturated rings. The highest BCUT2D eigenvalue weighted by molar-refractivity contribution is 5.52. The van der Waals surface area contributed by atoms with Gasteiger partial charge in [-0.2, -0.15) is 0 Å². The summed E-state index contributed by atoms with van der Waals surface area (Å²) in [7, 11) is 0. The quantitative estimate of drug-likeness (QED) is 0.280. The zero-order valence-electron chi connectivity index (χ0n) is 15.8. The lowest BCUT2D eigenvalue weighted by Gasteiger charge is -2.27. The Morgan fingerprint density at radius 2 is 1.45 bits per heavy atom. The van der Waals surface area contributed by atoms with Gasteiger partial charge in [-0.15, -0.1) is 5.73 Å². The van der Waals surface area contributed by atoms with E-state index >= 15 is 0 Å². The fraction of sp³-hybridized carbons (Fsp3) is 0.292. The summed E-state index contributed by atoms with van der Waals surface area (Å²) >= 11 is 0. The Kier molecular flexibility index (Phi) is 6.71. The zero-order chi connectivity index (χ0) is 21.0. The van der Waals surface area contributed by atoms with Crippen molar-refractivity contribution in [1.29, 1.82) is 0 Å². The molecular weight excluding hydrogens is 383 g/mol. The first kappa shape index (κ1) is 21.1. The zero-order valence-corrected chi connectivity index (χ0v) is 15.8. The van der Waals surface area contributed by atoms with Crippen LogP contribution in [0.2, 0.25) is 0 Å². The molecule has 1 saturated carbocycles. The van der Waals surface area contributed by atoms with Gasteiger partial charge in [0.15, 0.2) is 17.5 Å². The summed E-state index contributed by atoms with van der Waals surface area (Å²) < 4.78 is 68.4. The number of hydrogen-bond donors (Lipinski definition) is 0. The van der Waals surface area contributed by atoms with Crippen LogP contribution in [-0.2, 0) is 6.42 Å². The van der Waals surface area contributed by atoms with Crippen LogP contribution in [0.5, 0.6) is 0 Å². The standard InChI is InChI=1S/C24H21F5/c1-2-4-15-7-9-17(10-8-15)18-13-20(25)19(21(26)14-18)6-3-5-16-11-22(27)24(29)23(28)12-16/h3-4,6,11-15,17H,1,5,7-10H2/b6-3-. The molecule has 0 amide bonds. The molecule has 152 valence electrons. The Hall–Kier alpha value is -2.65. The first-order chi connectivity index (χ1) is 13.9. The van der Waals surface area contributed by atoms with E-state index in [0.29, 0.717) is 11.5 Å². The van der Waals surface area contributed by atoms with Crippen molar-refractivity contribution in [2.45, 2.75) is 38.0 Å². The predicted molar refractivity (Wildman–Crippen MR) is 104 cm³/mol. The smallest absolute Gasteiger partial charge is 0.194 e. The molecule has 2 aromatic rings. The Bertz CT molecular complexity index is 915. The number of allylic oxidation sites excluding steroid dienone is 2. The van der Waals surface area contributed by atoms with E-state index in [2.05, 4.69) is 12.3 Å².